The smallest absolute Gasteiger partial charge is 0.170 e. The van der Waals surface area contributed by atoms with E-state index in [1.54, 1.807) is 12.3 Å². The molecule has 0 radical (unpaired) electrons. The van der Waals surface area contributed by atoms with Crippen LogP contribution in [-0.4, -0.2) is 48.6 Å². The highest BCUT2D eigenvalue weighted by atomic mass is 19.1. The summed E-state index contributed by atoms with van der Waals surface area (Å²) in [6, 6.07) is 2.24. The Kier molecular flexibility index (Phi) is 4.84. The lowest BCUT2D eigenvalue weighted by atomic mass is 10.1. The van der Waals surface area contributed by atoms with Crippen molar-refractivity contribution in [3.8, 4) is 0 Å². The molecule has 0 aromatic carbocycles. The van der Waals surface area contributed by atoms with Crippen LogP contribution in [-0.2, 0) is 6.54 Å². The maximum Gasteiger partial charge on any atom is 0.170 e. The molecule has 21 heavy (non-hydrogen) atoms. The Bertz CT molecular complexity index is 482. The van der Waals surface area contributed by atoms with Crippen LogP contribution in [0.3, 0.4) is 0 Å². The van der Waals surface area contributed by atoms with Gasteiger partial charge in [0.1, 0.15) is 0 Å². The maximum atomic E-state index is 14.7. The molecule has 0 saturated carbocycles. The van der Waals surface area contributed by atoms with Gasteiger partial charge in [0, 0.05) is 43.0 Å². The van der Waals surface area contributed by atoms with E-state index in [1.165, 1.54) is 0 Å². The van der Waals surface area contributed by atoms with Gasteiger partial charge in [0.25, 0.3) is 0 Å². The summed E-state index contributed by atoms with van der Waals surface area (Å²) >= 11 is 0. The lowest BCUT2D eigenvalue weighted by Gasteiger charge is -2.23. The second-order valence-electron chi connectivity index (χ2n) is 7.06. The van der Waals surface area contributed by atoms with Crippen LogP contribution in [0.1, 0.15) is 32.8 Å². The molecule has 1 aliphatic rings. The molecule has 0 amide bonds. The van der Waals surface area contributed by atoms with E-state index in [1.807, 2.05) is 0 Å². The average Bonchev–Trinajstić information content (AvgIpc) is 2.86. The van der Waals surface area contributed by atoms with Gasteiger partial charge in [-0.25, -0.2) is 9.37 Å². The average molecular weight is 294 g/mol. The lowest BCUT2D eigenvalue weighted by molar-refractivity contribution is 0.315. The van der Waals surface area contributed by atoms with E-state index in [0.717, 1.165) is 19.5 Å². The van der Waals surface area contributed by atoms with Gasteiger partial charge in [-0.2, -0.15) is 0 Å². The molecule has 1 saturated heterocycles. The molecular weight excluding hydrogens is 267 g/mol. The van der Waals surface area contributed by atoms with Crippen LogP contribution >= 0.6 is 0 Å². The molecule has 0 aliphatic carbocycles. The van der Waals surface area contributed by atoms with E-state index in [2.05, 4.69) is 55.0 Å². The highest BCUT2D eigenvalue weighted by Gasteiger charge is 2.27. The second kappa shape index (κ2) is 6.28. The summed E-state index contributed by atoms with van der Waals surface area (Å²) in [4.78, 5) is 8.52. The topological polar surface area (TPSA) is 31.4 Å². The molecule has 1 aromatic rings. The molecule has 5 heteroatoms. The van der Waals surface area contributed by atoms with Crippen LogP contribution in [0.25, 0.3) is 0 Å². The summed E-state index contributed by atoms with van der Waals surface area (Å²) in [5.41, 5.74) is 0.655. The van der Waals surface area contributed by atoms with Crippen molar-refractivity contribution in [2.45, 2.75) is 45.3 Å². The van der Waals surface area contributed by atoms with Gasteiger partial charge in [0.2, 0.25) is 0 Å². The Morgan fingerprint density at radius 1 is 1.43 bits per heavy atom. The van der Waals surface area contributed by atoms with Crippen molar-refractivity contribution in [2.24, 2.45) is 0 Å². The van der Waals surface area contributed by atoms with Gasteiger partial charge < -0.3 is 15.1 Å². The minimum Gasteiger partial charge on any atom is -0.353 e. The van der Waals surface area contributed by atoms with Crippen molar-refractivity contribution in [3.05, 3.63) is 23.6 Å². The first kappa shape index (κ1) is 16.2. The van der Waals surface area contributed by atoms with E-state index in [4.69, 9.17) is 0 Å². The SMILES string of the molecule is CN(C)C1CCN(c2nccc(CNC(C)(C)C)c2F)C1. The zero-order chi connectivity index (χ0) is 15.6. The molecule has 118 valence electrons. The Labute approximate surface area is 127 Å². The van der Waals surface area contributed by atoms with Gasteiger partial charge in [0.15, 0.2) is 11.6 Å². The third-order valence-electron chi connectivity index (χ3n) is 3.95. The van der Waals surface area contributed by atoms with Gasteiger partial charge in [-0.3, -0.25) is 0 Å². The van der Waals surface area contributed by atoms with Gasteiger partial charge in [0.05, 0.1) is 0 Å². The first-order valence-corrected chi connectivity index (χ1v) is 7.58. The summed E-state index contributed by atoms with van der Waals surface area (Å²) in [7, 11) is 4.14. The summed E-state index contributed by atoms with van der Waals surface area (Å²) < 4.78 is 14.7. The zero-order valence-corrected chi connectivity index (χ0v) is 13.8. The van der Waals surface area contributed by atoms with Crippen molar-refractivity contribution in [2.75, 3.05) is 32.1 Å². The number of halogens is 1. The molecule has 1 N–H and O–H groups in total. The highest BCUT2D eigenvalue weighted by molar-refractivity contribution is 5.44. The van der Waals surface area contributed by atoms with E-state index in [9.17, 15) is 4.39 Å². The number of nitrogens with one attached hydrogen (secondary N) is 1. The number of nitrogens with zero attached hydrogens (tertiary/aromatic N) is 3. The Morgan fingerprint density at radius 3 is 2.71 bits per heavy atom. The molecule has 1 aliphatic heterocycles. The van der Waals surface area contributed by atoms with Gasteiger partial charge in [-0.15, -0.1) is 0 Å². The van der Waals surface area contributed by atoms with Crippen molar-refractivity contribution in [1.82, 2.24) is 15.2 Å². The van der Waals surface area contributed by atoms with Crippen molar-refractivity contribution in [1.29, 1.82) is 0 Å². The normalized spacial score (nSPS) is 19.6. The third-order valence-corrected chi connectivity index (χ3v) is 3.95. The molecule has 1 fully saturated rings. The molecule has 1 unspecified atom stereocenters. The van der Waals surface area contributed by atoms with Gasteiger partial charge in [-0.1, -0.05) is 0 Å². The largest absolute Gasteiger partial charge is 0.353 e. The minimum absolute atomic E-state index is 0.0282. The van der Waals surface area contributed by atoms with E-state index in [0.29, 0.717) is 24.0 Å². The fourth-order valence-electron chi connectivity index (χ4n) is 2.54. The molecule has 4 nitrogen and oxygen atoms in total. The lowest BCUT2D eigenvalue weighted by Crippen LogP contribution is -2.35. The molecule has 1 atom stereocenters. The van der Waals surface area contributed by atoms with Crippen LogP contribution < -0.4 is 10.2 Å². The van der Waals surface area contributed by atoms with Crippen LogP contribution in [0, 0.1) is 5.82 Å². The Balaban J connectivity index is 2.11. The Hall–Kier alpha value is -1.20. The number of pyridine rings is 1. The van der Waals surface area contributed by atoms with Gasteiger partial charge in [-0.05, 0) is 47.4 Å². The number of likely N-dealkylation sites (N-methyl/N-ethyl adjacent to an activating group) is 1. The number of rotatable bonds is 4. The summed E-state index contributed by atoms with van der Waals surface area (Å²) in [5.74, 6) is 0.307. The molecular formula is C16H27FN4. The quantitative estimate of drug-likeness (QED) is 0.923. The van der Waals surface area contributed by atoms with Crippen LogP contribution in [0.5, 0.6) is 0 Å². The van der Waals surface area contributed by atoms with Crippen molar-refractivity contribution in [3.63, 3.8) is 0 Å². The summed E-state index contributed by atoms with van der Waals surface area (Å²) in [6.07, 6.45) is 2.76. The fourth-order valence-corrected chi connectivity index (χ4v) is 2.54. The van der Waals surface area contributed by atoms with E-state index in [-0.39, 0.29) is 11.4 Å². The standard InChI is InChI=1S/C16H27FN4/c1-16(2,3)19-10-12-6-8-18-15(14(12)17)21-9-7-13(11-21)20(4)5/h6,8,13,19H,7,9-11H2,1-5H3. The number of aromatic nitrogens is 1. The Morgan fingerprint density at radius 2 is 2.14 bits per heavy atom. The van der Waals surface area contributed by atoms with Crippen LogP contribution in [0.15, 0.2) is 12.3 Å². The maximum absolute atomic E-state index is 14.7. The first-order valence-electron chi connectivity index (χ1n) is 7.58. The predicted octanol–water partition coefficient (Wildman–Crippen LogP) is 2.25. The van der Waals surface area contributed by atoms with Crippen LogP contribution in [0.2, 0.25) is 0 Å². The predicted molar refractivity (Wildman–Crippen MR) is 85.1 cm³/mol. The summed E-state index contributed by atoms with van der Waals surface area (Å²) in [5, 5.41) is 3.33. The molecule has 0 bridgehead atoms. The zero-order valence-electron chi connectivity index (χ0n) is 13.8. The third kappa shape index (κ3) is 4.14. The molecule has 2 heterocycles. The van der Waals surface area contributed by atoms with E-state index >= 15 is 0 Å². The second-order valence-corrected chi connectivity index (χ2v) is 7.06. The number of hydrogen-bond acceptors (Lipinski definition) is 4. The monoisotopic (exact) mass is 294 g/mol. The highest BCUT2D eigenvalue weighted by Crippen LogP contribution is 2.25. The van der Waals surface area contributed by atoms with E-state index < -0.39 is 0 Å². The number of hydrogen-bond donors (Lipinski definition) is 1. The summed E-state index contributed by atoms with van der Waals surface area (Å²) in [6.45, 7) is 8.46. The molecule has 2 rings (SSSR count). The van der Waals surface area contributed by atoms with Gasteiger partial charge >= 0.3 is 0 Å². The molecule has 1 aromatic heterocycles. The number of anilines is 1. The van der Waals surface area contributed by atoms with Crippen LogP contribution in [0.4, 0.5) is 10.2 Å². The first-order chi connectivity index (χ1) is 9.78. The van der Waals surface area contributed by atoms with Crippen molar-refractivity contribution >= 4 is 5.82 Å². The van der Waals surface area contributed by atoms with Crippen molar-refractivity contribution < 1.29 is 4.39 Å². The molecule has 0 spiro atoms. The minimum atomic E-state index is -0.186. The fraction of sp³-hybridized carbons (Fsp3) is 0.688.